The van der Waals surface area contributed by atoms with Crippen molar-refractivity contribution >= 4 is 0 Å². The lowest BCUT2D eigenvalue weighted by molar-refractivity contribution is -0.143. The van der Waals surface area contributed by atoms with E-state index in [4.69, 9.17) is 11.0 Å². The summed E-state index contributed by atoms with van der Waals surface area (Å²) in [7, 11) is 0. The maximum absolute atomic E-state index is 12.5. The highest BCUT2D eigenvalue weighted by atomic mass is 19.4. The number of rotatable bonds is 2. The number of halogens is 6. The van der Waals surface area contributed by atoms with E-state index in [1.54, 1.807) is 6.07 Å². The van der Waals surface area contributed by atoms with Crippen LogP contribution in [0.4, 0.5) is 26.3 Å². The Hall–Kier alpha value is -1.75. The van der Waals surface area contributed by atoms with E-state index in [1.165, 1.54) is 0 Å². The fraction of sp³-hybridized carbons (Fsp3) is 0.364. The Bertz CT molecular complexity index is 465. The Labute approximate surface area is 104 Å². The molecule has 104 valence electrons. The van der Waals surface area contributed by atoms with Crippen LogP contribution >= 0.6 is 0 Å². The van der Waals surface area contributed by atoms with Crippen molar-refractivity contribution in [3.05, 3.63) is 34.9 Å². The van der Waals surface area contributed by atoms with Gasteiger partial charge in [-0.05, 0) is 23.8 Å². The molecule has 0 fully saturated rings. The second kappa shape index (κ2) is 5.09. The second-order valence-corrected chi connectivity index (χ2v) is 3.81. The highest BCUT2D eigenvalue weighted by Crippen LogP contribution is 2.37. The molecule has 0 bridgehead atoms. The van der Waals surface area contributed by atoms with Crippen molar-refractivity contribution in [2.45, 2.75) is 24.8 Å². The van der Waals surface area contributed by atoms with Crippen LogP contribution in [0.1, 0.15) is 29.2 Å². The summed E-state index contributed by atoms with van der Waals surface area (Å²) < 4.78 is 75.1. The summed E-state index contributed by atoms with van der Waals surface area (Å²) in [6.07, 6.45) is -10.2. The number of nitrogens with zero attached hydrogens (tertiary/aromatic N) is 1. The van der Waals surface area contributed by atoms with Crippen LogP contribution in [0.3, 0.4) is 0 Å². The van der Waals surface area contributed by atoms with Gasteiger partial charge in [0.25, 0.3) is 0 Å². The van der Waals surface area contributed by atoms with Crippen LogP contribution in [0.5, 0.6) is 0 Å². The molecule has 0 amide bonds. The predicted molar refractivity (Wildman–Crippen MR) is 53.6 cm³/mol. The molecule has 0 aliphatic heterocycles. The van der Waals surface area contributed by atoms with Gasteiger partial charge in [-0.25, -0.2) is 0 Å². The molecule has 0 spiro atoms. The summed E-state index contributed by atoms with van der Waals surface area (Å²) in [4.78, 5) is 0. The van der Waals surface area contributed by atoms with Gasteiger partial charge in [-0.2, -0.15) is 31.6 Å². The largest absolute Gasteiger partial charge is 0.416 e. The Morgan fingerprint density at radius 1 is 1.00 bits per heavy atom. The third kappa shape index (κ3) is 3.86. The first-order chi connectivity index (χ1) is 8.55. The number of nitriles is 1. The summed E-state index contributed by atoms with van der Waals surface area (Å²) in [6, 6.07) is 1.46. The van der Waals surface area contributed by atoms with Crippen molar-refractivity contribution < 1.29 is 26.3 Å². The van der Waals surface area contributed by atoms with Crippen molar-refractivity contribution in [2.75, 3.05) is 0 Å². The van der Waals surface area contributed by atoms with E-state index in [0.29, 0.717) is 12.1 Å². The predicted octanol–water partition coefficient (Wildman–Crippen LogP) is 3.64. The molecule has 0 saturated heterocycles. The Morgan fingerprint density at radius 2 is 1.42 bits per heavy atom. The molecule has 0 aliphatic rings. The lowest BCUT2D eigenvalue weighted by atomic mass is 9.98. The van der Waals surface area contributed by atoms with Crippen LogP contribution in [0, 0.1) is 11.3 Å². The molecule has 1 aromatic carbocycles. The average molecular weight is 282 g/mol. The molecule has 0 aliphatic carbocycles. The quantitative estimate of drug-likeness (QED) is 0.842. The third-order valence-corrected chi connectivity index (χ3v) is 2.35. The summed E-state index contributed by atoms with van der Waals surface area (Å²) in [5, 5.41) is 8.38. The fourth-order valence-electron chi connectivity index (χ4n) is 1.41. The summed E-state index contributed by atoms with van der Waals surface area (Å²) in [5.41, 5.74) is 2.12. The number of nitrogens with two attached hydrogens (primary N) is 1. The summed E-state index contributed by atoms with van der Waals surface area (Å²) >= 11 is 0. The minimum atomic E-state index is -4.91. The Kier molecular flexibility index (Phi) is 4.10. The van der Waals surface area contributed by atoms with E-state index in [9.17, 15) is 26.3 Å². The smallest absolute Gasteiger partial charge is 0.323 e. The monoisotopic (exact) mass is 282 g/mol. The fourth-order valence-corrected chi connectivity index (χ4v) is 1.41. The number of hydrogen-bond acceptors (Lipinski definition) is 2. The molecule has 1 aromatic rings. The topological polar surface area (TPSA) is 49.8 Å². The lowest BCUT2D eigenvalue weighted by Crippen LogP contribution is -2.16. The van der Waals surface area contributed by atoms with Gasteiger partial charge in [0.1, 0.15) is 0 Å². The van der Waals surface area contributed by atoms with Crippen LogP contribution < -0.4 is 5.73 Å². The standard InChI is InChI=1S/C11H8F6N2/c12-10(13,14)7-3-6(9(19)1-2-18)4-8(5-7)11(15,16)17/h3-5,9H,1,19H2. The second-order valence-electron chi connectivity index (χ2n) is 3.81. The maximum atomic E-state index is 12.5. The molecular weight excluding hydrogens is 274 g/mol. The molecule has 0 heterocycles. The van der Waals surface area contributed by atoms with Gasteiger partial charge in [0.2, 0.25) is 0 Å². The van der Waals surface area contributed by atoms with E-state index < -0.39 is 29.5 Å². The summed E-state index contributed by atoms with van der Waals surface area (Å²) in [6.45, 7) is 0. The van der Waals surface area contributed by atoms with Gasteiger partial charge in [0.05, 0.1) is 23.6 Å². The van der Waals surface area contributed by atoms with Crippen molar-refractivity contribution in [3.63, 3.8) is 0 Å². The Balaban J connectivity index is 3.38. The van der Waals surface area contributed by atoms with Crippen molar-refractivity contribution in [1.29, 1.82) is 5.26 Å². The molecular formula is C11H8F6N2. The molecule has 8 heteroatoms. The molecule has 1 atom stereocenters. The van der Waals surface area contributed by atoms with Gasteiger partial charge in [-0.3, -0.25) is 0 Å². The molecule has 0 radical (unpaired) electrons. The van der Waals surface area contributed by atoms with Crippen LogP contribution in [0.15, 0.2) is 18.2 Å². The van der Waals surface area contributed by atoms with Crippen LogP contribution in [-0.2, 0) is 12.4 Å². The van der Waals surface area contributed by atoms with Gasteiger partial charge in [-0.1, -0.05) is 0 Å². The van der Waals surface area contributed by atoms with Gasteiger partial charge in [-0.15, -0.1) is 0 Å². The minimum absolute atomic E-state index is 0.0165. The van der Waals surface area contributed by atoms with Crippen molar-refractivity contribution in [1.82, 2.24) is 0 Å². The molecule has 1 rings (SSSR count). The normalized spacial score (nSPS) is 14.0. The van der Waals surface area contributed by atoms with Gasteiger partial charge in [0.15, 0.2) is 0 Å². The summed E-state index contributed by atoms with van der Waals surface area (Å²) in [5.74, 6) is 0. The van der Waals surface area contributed by atoms with Gasteiger partial charge >= 0.3 is 12.4 Å². The van der Waals surface area contributed by atoms with Gasteiger partial charge < -0.3 is 5.73 Å². The number of benzene rings is 1. The Morgan fingerprint density at radius 3 is 1.74 bits per heavy atom. The van der Waals surface area contributed by atoms with Crippen molar-refractivity contribution in [2.24, 2.45) is 5.73 Å². The van der Waals surface area contributed by atoms with E-state index in [0.717, 1.165) is 0 Å². The molecule has 2 nitrogen and oxygen atoms in total. The maximum Gasteiger partial charge on any atom is 0.416 e. The zero-order valence-corrected chi connectivity index (χ0v) is 9.31. The lowest BCUT2D eigenvalue weighted by Gasteiger charge is -2.16. The van der Waals surface area contributed by atoms with E-state index in [2.05, 4.69) is 0 Å². The third-order valence-electron chi connectivity index (χ3n) is 2.35. The molecule has 0 saturated carbocycles. The first-order valence-electron chi connectivity index (χ1n) is 4.97. The molecule has 2 N–H and O–H groups in total. The van der Waals surface area contributed by atoms with E-state index in [-0.39, 0.29) is 18.1 Å². The van der Waals surface area contributed by atoms with E-state index >= 15 is 0 Å². The average Bonchev–Trinajstić information content (AvgIpc) is 2.26. The molecule has 19 heavy (non-hydrogen) atoms. The minimum Gasteiger partial charge on any atom is -0.323 e. The zero-order valence-electron chi connectivity index (χ0n) is 9.31. The van der Waals surface area contributed by atoms with Gasteiger partial charge in [0, 0.05) is 6.04 Å². The molecule has 0 aromatic heterocycles. The first kappa shape index (κ1) is 15.3. The highest BCUT2D eigenvalue weighted by Gasteiger charge is 2.37. The first-order valence-corrected chi connectivity index (χ1v) is 4.97. The number of alkyl halides is 6. The zero-order chi connectivity index (χ0) is 14.8. The van der Waals surface area contributed by atoms with E-state index in [1.807, 2.05) is 0 Å². The SMILES string of the molecule is N#CCC(N)c1cc(C(F)(F)F)cc(C(F)(F)F)c1. The van der Waals surface area contributed by atoms with Crippen LogP contribution in [0.2, 0.25) is 0 Å². The molecule has 1 unspecified atom stereocenters. The highest BCUT2D eigenvalue weighted by molar-refractivity contribution is 5.35. The van der Waals surface area contributed by atoms with Crippen molar-refractivity contribution in [3.8, 4) is 6.07 Å². The number of hydrogen-bond donors (Lipinski definition) is 1. The van der Waals surface area contributed by atoms with Crippen LogP contribution in [-0.4, -0.2) is 0 Å². The van der Waals surface area contributed by atoms with Crippen LogP contribution in [0.25, 0.3) is 0 Å².